The Hall–Kier alpha value is -1.97. The molecule has 3 unspecified atom stereocenters. The molecule has 5 rings (SSSR count). The van der Waals surface area contributed by atoms with Crippen molar-refractivity contribution in [2.45, 2.75) is 50.3 Å². The van der Waals surface area contributed by atoms with E-state index in [2.05, 4.69) is 5.32 Å². The Labute approximate surface area is 192 Å². The van der Waals surface area contributed by atoms with Gasteiger partial charge in [0.1, 0.15) is 6.04 Å². The van der Waals surface area contributed by atoms with Gasteiger partial charge in [0.2, 0.25) is 11.8 Å². The predicted molar refractivity (Wildman–Crippen MR) is 120 cm³/mol. The third kappa shape index (κ3) is 4.56. The van der Waals surface area contributed by atoms with E-state index in [4.69, 9.17) is 4.74 Å². The highest BCUT2D eigenvalue weighted by molar-refractivity contribution is 7.12. The number of ether oxygens (including phenoxy) is 1. The van der Waals surface area contributed by atoms with Crippen LogP contribution in [-0.4, -0.2) is 96.5 Å². The van der Waals surface area contributed by atoms with Gasteiger partial charge in [-0.1, -0.05) is 6.07 Å². The summed E-state index contributed by atoms with van der Waals surface area (Å²) in [5.41, 5.74) is 0. The summed E-state index contributed by atoms with van der Waals surface area (Å²) in [4.78, 5) is 46.3. The van der Waals surface area contributed by atoms with Gasteiger partial charge < -0.3 is 24.8 Å². The molecule has 0 spiro atoms. The van der Waals surface area contributed by atoms with Crippen molar-refractivity contribution in [2.24, 2.45) is 5.92 Å². The van der Waals surface area contributed by atoms with E-state index in [0.29, 0.717) is 37.5 Å². The molecular formula is C23H32N4O4S. The van der Waals surface area contributed by atoms with Crippen molar-refractivity contribution in [3.8, 4) is 0 Å². The molecule has 174 valence electrons. The minimum atomic E-state index is -0.477. The first-order chi connectivity index (χ1) is 15.6. The molecule has 9 heteroatoms. The average molecular weight is 461 g/mol. The first-order valence-electron chi connectivity index (χ1n) is 11.9. The van der Waals surface area contributed by atoms with Gasteiger partial charge in [-0.15, -0.1) is 11.3 Å². The van der Waals surface area contributed by atoms with Gasteiger partial charge in [0.05, 0.1) is 17.0 Å². The Kier molecular flexibility index (Phi) is 6.48. The van der Waals surface area contributed by atoms with Crippen LogP contribution in [-0.2, 0) is 14.3 Å². The smallest absolute Gasteiger partial charge is 0.264 e. The summed E-state index contributed by atoms with van der Waals surface area (Å²) in [6.07, 6.45) is 4.28. The lowest BCUT2D eigenvalue weighted by Crippen LogP contribution is -2.53. The number of carbonyl (C=O) groups is 3. The van der Waals surface area contributed by atoms with Crippen molar-refractivity contribution in [3.63, 3.8) is 0 Å². The lowest BCUT2D eigenvalue weighted by molar-refractivity contribution is -0.144. The molecule has 1 N–H and O–H groups in total. The van der Waals surface area contributed by atoms with E-state index in [1.807, 2.05) is 27.3 Å². The van der Waals surface area contributed by atoms with E-state index in [0.717, 1.165) is 45.4 Å². The SMILES string of the molecule is O=C(C1CC(N(CC2CCCO2)C(=O)c2cccs2)CN1C(=O)C1CC1)N1CCNCC1. The number of rotatable bonds is 6. The van der Waals surface area contributed by atoms with Crippen LogP contribution in [0.5, 0.6) is 0 Å². The van der Waals surface area contributed by atoms with E-state index in [-0.39, 0.29) is 35.8 Å². The highest BCUT2D eigenvalue weighted by Crippen LogP contribution is 2.35. The second kappa shape index (κ2) is 9.49. The fourth-order valence-electron chi connectivity index (χ4n) is 5.13. The Bertz CT molecular complexity index is 831. The molecule has 8 nitrogen and oxygen atoms in total. The van der Waals surface area contributed by atoms with Crippen LogP contribution in [0.25, 0.3) is 0 Å². The van der Waals surface area contributed by atoms with Crippen LogP contribution in [0.2, 0.25) is 0 Å². The van der Waals surface area contributed by atoms with Gasteiger partial charge in [0.15, 0.2) is 0 Å². The van der Waals surface area contributed by atoms with Crippen molar-refractivity contribution in [2.75, 3.05) is 45.9 Å². The molecule has 4 fully saturated rings. The average Bonchev–Trinajstić information content (AvgIpc) is 3.22. The fourth-order valence-corrected chi connectivity index (χ4v) is 5.80. The standard InChI is InChI=1S/C23H32N4O4S/c28-21(16-5-6-16)27-14-17(13-19(27)22(29)25-9-7-24-8-10-25)26(15-18-3-1-11-31-18)23(30)20-4-2-12-32-20/h2,4,12,16-19,24H,1,3,5-11,13-15H2. The van der Waals surface area contributed by atoms with Gasteiger partial charge in [0, 0.05) is 51.8 Å². The Morgan fingerprint density at radius 2 is 1.97 bits per heavy atom. The maximum absolute atomic E-state index is 13.5. The summed E-state index contributed by atoms with van der Waals surface area (Å²) in [6, 6.07) is 3.08. The Morgan fingerprint density at radius 3 is 2.62 bits per heavy atom. The molecule has 1 aromatic rings. The van der Waals surface area contributed by atoms with E-state index in [9.17, 15) is 14.4 Å². The molecule has 1 saturated carbocycles. The van der Waals surface area contributed by atoms with Gasteiger partial charge >= 0.3 is 0 Å². The zero-order valence-corrected chi connectivity index (χ0v) is 19.2. The lowest BCUT2D eigenvalue weighted by Gasteiger charge is -2.32. The molecule has 3 saturated heterocycles. The van der Waals surface area contributed by atoms with Crippen molar-refractivity contribution < 1.29 is 19.1 Å². The zero-order valence-electron chi connectivity index (χ0n) is 18.4. The van der Waals surface area contributed by atoms with E-state index in [1.165, 1.54) is 11.3 Å². The molecular weight excluding hydrogens is 428 g/mol. The lowest BCUT2D eigenvalue weighted by atomic mass is 10.1. The largest absolute Gasteiger partial charge is 0.376 e. The van der Waals surface area contributed by atoms with E-state index in [1.54, 1.807) is 4.90 Å². The van der Waals surface area contributed by atoms with E-state index >= 15 is 0 Å². The third-order valence-electron chi connectivity index (χ3n) is 7.06. The predicted octanol–water partition coefficient (Wildman–Crippen LogP) is 1.18. The van der Waals surface area contributed by atoms with Gasteiger partial charge in [-0.25, -0.2) is 0 Å². The van der Waals surface area contributed by atoms with Crippen molar-refractivity contribution >= 4 is 29.1 Å². The monoisotopic (exact) mass is 460 g/mol. The van der Waals surface area contributed by atoms with Crippen molar-refractivity contribution in [3.05, 3.63) is 22.4 Å². The number of likely N-dealkylation sites (tertiary alicyclic amines) is 1. The number of amides is 3. The van der Waals surface area contributed by atoms with Crippen LogP contribution in [0.4, 0.5) is 0 Å². The summed E-state index contributed by atoms with van der Waals surface area (Å²) in [7, 11) is 0. The maximum atomic E-state index is 13.5. The molecule has 3 amide bonds. The molecule has 32 heavy (non-hydrogen) atoms. The third-order valence-corrected chi connectivity index (χ3v) is 7.92. The molecule has 1 aromatic heterocycles. The molecule has 3 aliphatic heterocycles. The number of nitrogens with zero attached hydrogens (tertiary/aromatic N) is 3. The number of piperazine rings is 1. The second-order valence-electron chi connectivity index (χ2n) is 9.32. The van der Waals surface area contributed by atoms with E-state index < -0.39 is 6.04 Å². The van der Waals surface area contributed by atoms with Crippen LogP contribution in [0.3, 0.4) is 0 Å². The second-order valence-corrected chi connectivity index (χ2v) is 10.3. The van der Waals surface area contributed by atoms with Crippen LogP contribution >= 0.6 is 11.3 Å². The summed E-state index contributed by atoms with van der Waals surface area (Å²) >= 11 is 1.43. The first-order valence-corrected chi connectivity index (χ1v) is 12.8. The minimum absolute atomic E-state index is 0.0189. The van der Waals surface area contributed by atoms with Crippen LogP contribution in [0.15, 0.2) is 17.5 Å². The van der Waals surface area contributed by atoms with Gasteiger partial charge in [-0.05, 0) is 43.6 Å². The maximum Gasteiger partial charge on any atom is 0.264 e. The molecule has 4 aliphatic rings. The summed E-state index contributed by atoms with van der Waals surface area (Å²) in [6.45, 7) is 4.56. The number of hydrogen-bond acceptors (Lipinski definition) is 6. The number of carbonyl (C=O) groups excluding carboxylic acids is 3. The van der Waals surface area contributed by atoms with Crippen LogP contribution < -0.4 is 5.32 Å². The summed E-state index contributed by atoms with van der Waals surface area (Å²) in [5.74, 6) is 0.145. The highest BCUT2D eigenvalue weighted by atomic mass is 32.1. The first kappa shape index (κ1) is 21.9. The zero-order chi connectivity index (χ0) is 22.1. The number of hydrogen-bond donors (Lipinski definition) is 1. The topological polar surface area (TPSA) is 82.2 Å². The normalized spacial score (nSPS) is 28.2. The molecule has 0 aromatic carbocycles. The van der Waals surface area contributed by atoms with Crippen LogP contribution in [0, 0.1) is 5.92 Å². The summed E-state index contributed by atoms with van der Waals surface area (Å²) in [5, 5.41) is 5.19. The number of thiophene rings is 1. The quantitative estimate of drug-likeness (QED) is 0.690. The summed E-state index contributed by atoms with van der Waals surface area (Å²) < 4.78 is 5.85. The molecule has 1 aliphatic carbocycles. The Morgan fingerprint density at radius 1 is 1.16 bits per heavy atom. The van der Waals surface area contributed by atoms with Gasteiger partial charge in [-0.3, -0.25) is 14.4 Å². The van der Waals surface area contributed by atoms with Gasteiger partial charge in [-0.2, -0.15) is 0 Å². The van der Waals surface area contributed by atoms with Crippen molar-refractivity contribution in [1.29, 1.82) is 0 Å². The molecule has 4 heterocycles. The molecule has 0 bridgehead atoms. The Balaban J connectivity index is 1.38. The van der Waals surface area contributed by atoms with Crippen LogP contribution in [0.1, 0.15) is 41.8 Å². The van der Waals surface area contributed by atoms with Gasteiger partial charge in [0.25, 0.3) is 5.91 Å². The fraction of sp³-hybridized carbons (Fsp3) is 0.696. The minimum Gasteiger partial charge on any atom is -0.376 e. The molecule has 3 atom stereocenters. The number of nitrogens with one attached hydrogen (secondary N) is 1. The molecule has 0 radical (unpaired) electrons. The van der Waals surface area contributed by atoms with Crippen molar-refractivity contribution in [1.82, 2.24) is 20.0 Å². The highest BCUT2D eigenvalue weighted by Gasteiger charge is 2.48.